The van der Waals surface area contributed by atoms with Crippen molar-refractivity contribution in [2.75, 3.05) is 36.4 Å². The molecule has 0 aromatic heterocycles. The van der Waals surface area contributed by atoms with Crippen LogP contribution < -0.4 is 15.5 Å². The van der Waals surface area contributed by atoms with Gasteiger partial charge in [0.2, 0.25) is 5.91 Å². The average Bonchev–Trinajstić information content (AvgIpc) is 2.68. The first-order valence-corrected chi connectivity index (χ1v) is 10.6. The Morgan fingerprint density at radius 3 is 2.54 bits per heavy atom. The van der Waals surface area contributed by atoms with Gasteiger partial charge in [0.1, 0.15) is 11.6 Å². The molecule has 0 bridgehead atoms. The van der Waals surface area contributed by atoms with Crippen molar-refractivity contribution in [1.82, 2.24) is 10.2 Å². The maximum atomic E-state index is 13.7. The Morgan fingerprint density at radius 1 is 1.21 bits per heavy atom. The quantitative estimate of drug-likeness (QED) is 0.789. The Morgan fingerprint density at radius 2 is 1.89 bits per heavy atom. The maximum absolute atomic E-state index is 13.7. The summed E-state index contributed by atoms with van der Waals surface area (Å²) in [6, 6.07) is 7.28. The molecule has 3 rings (SSSR count). The van der Waals surface area contributed by atoms with Crippen LogP contribution in [-0.2, 0) is 9.59 Å². The number of anilines is 2. The number of nitrogens with zero attached hydrogens (tertiary/aromatic N) is 2. The number of piperidine rings is 1. The highest BCUT2D eigenvalue weighted by molar-refractivity contribution is 6.11. The molecule has 1 saturated heterocycles. The highest BCUT2D eigenvalue weighted by atomic mass is 16.2. The second kappa shape index (κ2) is 8.52. The topological polar surface area (TPSA) is 64.7 Å². The van der Waals surface area contributed by atoms with Crippen molar-refractivity contribution in [2.45, 2.75) is 58.5 Å². The number of para-hydroxylation sites is 2. The molecular weight excluding hydrogens is 352 g/mol. The van der Waals surface area contributed by atoms with Crippen LogP contribution in [0.5, 0.6) is 0 Å². The lowest BCUT2D eigenvalue weighted by Gasteiger charge is -2.49. The largest absolute Gasteiger partial charge is 0.369 e. The zero-order valence-corrected chi connectivity index (χ0v) is 17.6. The van der Waals surface area contributed by atoms with E-state index < -0.39 is 11.6 Å². The maximum Gasteiger partial charge on any atom is 0.253 e. The summed E-state index contributed by atoms with van der Waals surface area (Å²) in [5.74, 6) is 0.594. The van der Waals surface area contributed by atoms with Crippen LogP contribution in [0.25, 0.3) is 0 Å². The number of hydrogen-bond acceptors (Lipinski definition) is 4. The van der Waals surface area contributed by atoms with Gasteiger partial charge >= 0.3 is 0 Å². The molecule has 2 aliphatic heterocycles. The van der Waals surface area contributed by atoms with Gasteiger partial charge in [0.25, 0.3) is 5.91 Å². The van der Waals surface area contributed by atoms with E-state index in [1.54, 1.807) is 4.90 Å². The Labute approximate surface area is 168 Å². The van der Waals surface area contributed by atoms with Gasteiger partial charge in [-0.15, -0.1) is 0 Å². The van der Waals surface area contributed by atoms with Crippen molar-refractivity contribution in [3.05, 3.63) is 24.3 Å². The molecule has 2 N–H and O–H groups in total. The standard InChI is InChI=1S/C22H34N4O2/c1-5-23-20(27)17(4)26-19-9-7-6-8-18(19)24-22(21(26)28)11-14-25(15-12-22)13-10-16(2)3/h6-9,16-17,24H,5,10-15H2,1-4H3,(H,23,27)/t17-/m0/s1. The van der Waals surface area contributed by atoms with Gasteiger partial charge in [0.05, 0.1) is 11.4 Å². The molecule has 0 aliphatic carbocycles. The van der Waals surface area contributed by atoms with E-state index in [0.717, 1.165) is 43.9 Å². The van der Waals surface area contributed by atoms with E-state index >= 15 is 0 Å². The third kappa shape index (κ3) is 4.02. The zero-order chi connectivity index (χ0) is 20.3. The number of fused-ring (bicyclic) bond motifs is 1. The van der Waals surface area contributed by atoms with E-state index in [1.807, 2.05) is 38.1 Å². The van der Waals surface area contributed by atoms with Crippen molar-refractivity contribution in [2.24, 2.45) is 5.92 Å². The first-order chi connectivity index (χ1) is 13.4. The van der Waals surface area contributed by atoms with Crippen LogP contribution in [0.1, 0.15) is 47.0 Å². The van der Waals surface area contributed by atoms with Crippen LogP contribution in [0, 0.1) is 5.92 Å². The van der Waals surface area contributed by atoms with Gasteiger partial charge in [-0.2, -0.15) is 0 Å². The SMILES string of the molecule is CCNC(=O)[C@H](C)N1C(=O)C2(CCN(CCC(C)C)CC2)Nc2ccccc21. The number of likely N-dealkylation sites (N-methyl/N-ethyl adjacent to an activating group) is 1. The molecule has 28 heavy (non-hydrogen) atoms. The van der Waals surface area contributed by atoms with Crippen LogP contribution in [-0.4, -0.2) is 54.5 Å². The first kappa shape index (κ1) is 20.6. The summed E-state index contributed by atoms with van der Waals surface area (Å²) in [5.41, 5.74) is 1.11. The number of likely N-dealkylation sites (tertiary alicyclic amines) is 1. The molecule has 0 unspecified atom stereocenters. The van der Waals surface area contributed by atoms with Crippen molar-refractivity contribution >= 4 is 23.2 Å². The molecule has 2 heterocycles. The number of benzene rings is 1. The highest BCUT2D eigenvalue weighted by Crippen LogP contribution is 2.40. The summed E-state index contributed by atoms with van der Waals surface area (Å²) in [7, 11) is 0. The third-order valence-corrected chi connectivity index (χ3v) is 6.02. The molecule has 154 valence electrons. The fourth-order valence-corrected chi connectivity index (χ4v) is 4.20. The smallest absolute Gasteiger partial charge is 0.253 e. The molecule has 1 aromatic rings. The molecule has 6 heteroatoms. The summed E-state index contributed by atoms with van der Waals surface area (Å²) >= 11 is 0. The molecule has 1 aromatic carbocycles. The molecule has 6 nitrogen and oxygen atoms in total. The van der Waals surface area contributed by atoms with Gasteiger partial charge in [-0.05, 0) is 57.7 Å². The lowest BCUT2D eigenvalue weighted by atomic mass is 9.83. The van der Waals surface area contributed by atoms with E-state index in [4.69, 9.17) is 0 Å². The van der Waals surface area contributed by atoms with Crippen LogP contribution >= 0.6 is 0 Å². The number of carbonyl (C=O) groups is 2. The van der Waals surface area contributed by atoms with Gasteiger partial charge in [-0.25, -0.2) is 0 Å². The van der Waals surface area contributed by atoms with Crippen molar-refractivity contribution in [3.63, 3.8) is 0 Å². The van der Waals surface area contributed by atoms with Crippen LogP contribution in [0.4, 0.5) is 11.4 Å². The van der Waals surface area contributed by atoms with Crippen LogP contribution in [0.15, 0.2) is 24.3 Å². The molecule has 1 fully saturated rings. The average molecular weight is 387 g/mol. The van der Waals surface area contributed by atoms with E-state index in [1.165, 1.54) is 6.42 Å². The summed E-state index contributed by atoms with van der Waals surface area (Å²) in [4.78, 5) is 30.4. The molecule has 0 saturated carbocycles. The van der Waals surface area contributed by atoms with E-state index in [2.05, 4.69) is 29.4 Å². The summed E-state index contributed by atoms with van der Waals surface area (Å²) < 4.78 is 0. The molecule has 1 atom stereocenters. The lowest BCUT2D eigenvalue weighted by Crippen LogP contribution is -2.65. The number of hydrogen-bond donors (Lipinski definition) is 2. The fourth-order valence-electron chi connectivity index (χ4n) is 4.20. The minimum atomic E-state index is -0.622. The Bertz CT molecular complexity index is 710. The van der Waals surface area contributed by atoms with Crippen LogP contribution in [0.2, 0.25) is 0 Å². The monoisotopic (exact) mass is 386 g/mol. The van der Waals surface area contributed by atoms with Gasteiger partial charge < -0.3 is 15.5 Å². The number of nitrogens with one attached hydrogen (secondary N) is 2. The molecule has 2 aliphatic rings. The van der Waals surface area contributed by atoms with E-state index in [0.29, 0.717) is 12.5 Å². The van der Waals surface area contributed by atoms with Crippen LogP contribution in [0.3, 0.4) is 0 Å². The summed E-state index contributed by atoms with van der Waals surface area (Å²) in [5, 5.41) is 6.41. The number of carbonyl (C=O) groups excluding carboxylic acids is 2. The van der Waals surface area contributed by atoms with Crippen molar-refractivity contribution < 1.29 is 9.59 Å². The van der Waals surface area contributed by atoms with Crippen molar-refractivity contribution in [3.8, 4) is 0 Å². The minimum Gasteiger partial charge on any atom is -0.369 e. The molecule has 1 spiro atoms. The van der Waals surface area contributed by atoms with Gasteiger partial charge in [0.15, 0.2) is 0 Å². The highest BCUT2D eigenvalue weighted by Gasteiger charge is 2.49. The van der Waals surface area contributed by atoms with E-state index in [-0.39, 0.29) is 11.8 Å². The number of rotatable bonds is 6. The fraction of sp³-hybridized carbons (Fsp3) is 0.636. The van der Waals surface area contributed by atoms with Gasteiger partial charge in [0, 0.05) is 19.6 Å². The minimum absolute atomic E-state index is 0.0217. The van der Waals surface area contributed by atoms with Crippen molar-refractivity contribution in [1.29, 1.82) is 0 Å². The molecule has 0 radical (unpaired) electrons. The Hall–Kier alpha value is -2.08. The lowest BCUT2D eigenvalue weighted by molar-refractivity contribution is -0.129. The van der Waals surface area contributed by atoms with Gasteiger partial charge in [-0.1, -0.05) is 26.0 Å². The summed E-state index contributed by atoms with van der Waals surface area (Å²) in [6.07, 6.45) is 2.70. The van der Waals surface area contributed by atoms with E-state index in [9.17, 15) is 9.59 Å². The first-order valence-electron chi connectivity index (χ1n) is 10.6. The normalized spacial score (nSPS) is 20.0. The molecular formula is C22H34N4O2. The second-order valence-corrected chi connectivity index (χ2v) is 8.49. The predicted octanol–water partition coefficient (Wildman–Crippen LogP) is 2.85. The van der Waals surface area contributed by atoms with Gasteiger partial charge in [-0.3, -0.25) is 14.5 Å². The Kier molecular flexibility index (Phi) is 6.28. The predicted molar refractivity (Wildman–Crippen MR) is 114 cm³/mol. The molecule has 2 amide bonds. The number of amides is 2. The Balaban J connectivity index is 1.83. The second-order valence-electron chi connectivity index (χ2n) is 8.49. The third-order valence-electron chi connectivity index (χ3n) is 6.02. The zero-order valence-electron chi connectivity index (χ0n) is 17.6. The summed E-state index contributed by atoms with van der Waals surface area (Å²) in [6.45, 7) is 11.6.